The van der Waals surface area contributed by atoms with Gasteiger partial charge in [0.05, 0.1) is 12.7 Å². The molecule has 0 aromatic rings. The van der Waals surface area contributed by atoms with Crippen molar-refractivity contribution in [2.75, 3.05) is 32.8 Å². The van der Waals surface area contributed by atoms with E-state index >= 15 is 0 Å². The fourth-order valence-corrected chi connectivity index (χ4v) is 1.85. The van der Waals surface area contributed by atoms with E-state index in [2.05, 4.69) is 4.90 Å². The van der Waals surface area contributed by atoms with Gasteiger partial charge in [0.15, 0.2) is 0 Å². The summed E-state index contributed by atoms with van der Waals surface area (Å²) in [4.78, 5) is 2.14. The van der Waals surface area contributed by atoms with Gasteiger partial charge in [-0.3, -0.25) is 0 Å². The number of aliphatic hydroxyl groups excluding tert-OH is 3. The predicted octanol–water partition coefficient (Wildman–Crippen LogP) is -0.956. The van der Waals surface area contributed by atoms with Crippen molar-refractivity contribution in [3.8, 4) is 0 Å². The number of nitrogens with zero attached hydrogens (tertiary/aromatic N) is 1. The van der Waals surface area contributed by atoms with Gasteiger partial charge in [-0.05, 0) is 25.3 Å². The Bertz CT molecular complexity index is 143. The first-order valence-electron chi connectivity index (χ1n) is 4.88. The Morgan fingerprint density at radius 3 is 2.77 bits per heavy atom. The Labute approximate surface area is 78.8 Å². The van der Waals surface area contributed by atoms with Crippen LogP contribution in [0.3, 0.4) is 0 Å². The van der Waals surface area contributed by atoms with Crippen LogP contribution in [0.1, 0.15) is 12.8 Å². The topological polar surface area (TPSA) is 63.9 Å². The Morgan fingerprint density at radius 2 is 2.15 bits per heavy atom. The van der Waals surface area contributed by atoms with Gasteiger partial charge in [-0.2, -0.15) is 0 Å². The van der Waals surface area contributed by atoms with Crippen LogP contribution < -0.4 is 0 Å². The monoisotopic (exact) mass is 189 g/mol. The highest BCUT2D eigenvalue weighted by Crippen LogP contribution is 2.18. The lowest BCUT2D eigenvalue weighted by atomic mass is 10.1. The highest BCUT2D eigenvalue weighted by Gasteiger charge is 2.23. The number of β-amino-alcohol motifs (C(OH)–C–C–N with tert-alkyl or cyclic N) is 1. The minimum absolute atomic E-state index is 0.166. The normalized spacial score (nSPS) is 26.5. The minimum Gasteiger partial charge on any atom is -0.396 e. The van der Waals surface area contributed by atoms with Crippen LogP contribution in [-0.4, -0.2) is 59.2 Å². The highest BCUT2D eigenvalue weighted by atomic mass is 16.3. The molecule has 2 unspecified atom stereocenters. The maximum atomic E-state index is 9.19. The Morgan fingerprint density at radius 1 is 1.38 bits per heavy atom. The van der Waals surface area contributed by atoms with Gasteiger partial charge in [0.2, 0.25) is 0 Å². The zero-order chi connectivity index (χ0) is 9.68. The molecule has 1 saturated heterocycles. The molecule has 0 spiro atoms. The summed E-state index contributed by atoms with van der Waals surface area (Å²) in [5.41, 5.74) is 0. The van der Waals surface area contributed by atoms with Gasteiger partial charge in [0.1, 0.15) is 0 Å². The number of rotatable bonds is 5. The summed E-state index contributed by atoms with van der Waals surface area (Å²) in [6.07, 6.45) is 1.33. The van der Waals surface area contributed by atoms with Crippen LogP contribution in [0.5, 0.6) is 0 Å². The van der Waals surface area contributed by atoms with Gasteiger partial charge in [0, 0.05) is 19.7 Å². The molecule has 13 heavy (non-hydrogen) atoms. The van der Waals surface area contributed by atoms with Gasteiger partial charge < -0.3 is 20.2 Å². The molecule has 0 amide bonds. The number of hydrogen-bond donors (Lipinski definition) is 3. The third-order valence-electron chi connectivity index (χ3n) is 2.59. The predicted molar refractivity (Wildman–Crippen MR) is 49.3 cm³/mol. The molecule has 2 atom stereocenters. The maximum Gasteiger partial charge on any atom is 0.0897 e. The van der Waals surface area contributed by atoms with E-state index in [4.69, 9.17) is 10.2 Å². The summed E-state index contributed by atoms with van der Waals surface area (Å²) < 4.78 is 0. The second-order valence-electron chi connectivity index (χ2n) is 3.76. The molecule has 1 fully saturated rings. The number of likely N-dealkylation sites (tertiary alicyclic amines) is 1. The third kappa shape index (κ3) is 3.60. The molecule has 0 saturated carbocycles. The van der Waals surface area contributed by atoms with E-state index in [-0.39, 0.29) is 13.2 Å². The van der Waals surface area contributed by atoms with Crippen LogP contribution in [0.25, 0.3) is 0 Å². The fourth-order valence-electron chi connectivity index (χ4n) is 1.85. The van der Waals surface area contributed by atoms with Crippen LogP contribution >= 0.6 is 0 Å². The average Bonchev–Trinajstić information content (AvgIpc) is 2.53. The molecule has 1 heterocycles. The largest absolute Gasteiger partial charge is 0.396 e. The first-order valence-corrected chi connectivity index (χ1v) is 4.88. The summed E-state index contributed by atoms with van der Waals surface area (Å²) in [5, 5.41) is 26.6. The van der Waals surface area contributed by atoms with Gasteiger partial charge in [-0.15, -0.1) is 0 Å². The van der Waals surface area contributed by atoms with Gasteiger partial charge >= 0.3 is 0 Å². The van der Waals surface area contributed by atoms with E-state index in [1.807, 2.05) is 0 Å². The van der Waals surface area contributed by atoms with Crippen molar-refractivity contribution in [1.29, 1.82) is 0 Å². The molecule has 1 rings (SSSR count). The van der Waals surface area contributed by atoms with Gasteiger partial charge in [-0.25, -0.2) is 0 Å². The smallest absolute Gasteiger partial charge is 0.0897 e. The average molecular weight is 189 g/mol. The van der Waals surface area contributed by atoms with E-state index in [1.165, 1.54) is 0 Å². The van der Waals surface area contributed by atoms with Gasteiger partial charge in [0.25, 0.3) is 0 Å². The molecule has 0 aromatic carbocycles. The van der Waals surface area contributed by atoms with E-state index in [0.717, 1.165) is 25.9 Å². The lowest BCUT2D eigenvalue weighted by molar-refractivity contribution is 0.0647. The van der Waals surface area contributed by atoms with Crippen molar-refractivity contribution in [3.05, 3.63) is 0 Å². The molecule has 4 heteroatoms. The molecule has 0 aliphatic carbocycles. The zero-order valence-electron chi connectivity index (χ0n) is 7.89. The Balaban J connectivity index is 2.17. The quantitative estimate of drug-likeness (QED) is 0.521. The SMILES string of the molecule is OCCC1CCN(CC(O)CO)C1. The summed E-state index contributed by atoms with van der Waals surface area (Å²) >= 11 is 0. The van der Waals surface area contributed by atoms with Crippen LogP contribution in [0.2, 0.25) is 0 Å². The molecule has 4 nitrogen and oxygen atoms in total. The summed E-state index contributed by atoms with van der Waals surface area (Å²) in [6, 6.07) is 0. The first kappa shape index (κ1) is 10.9. The van der Waals surface area contributed by atoms with Crippen molar-refractivity contribution in [3.63, 3.8) is 0 Å². The van der Waals surface area contributed by atoms with E-state index < -0.39 is 6.10 Å². The van der Waals surface area contributed by atoms with E-state index in [9.17, 15) is 5.11 Å². The summed E-state index contributed by atoms with van der Waals surface area (Å²) in [6.45, 7) is 2.56. The standard InChI is InChI=1S/C9H19NO3/c11-4-2-8-1-3-10(5-8)6-9(13)7-12/h8-9,11-13H,1-7H2. The van der Waals surface area contributed by atoms with Crippen molar-refractivity contribution in [2.24, 2.45) is 5.92 Å². The maximum absolute atomic E-state index is 9.19. The third-order valence-corrected chi connectivity index (χ3v) is 2.59. The molecule has 0 bridgehead atoms. The van der Waals surface area contributed by atoms with Crippen molar-refractivity contribution < 1.29 is 15.3 Å². The first-order chi connectivity index (χ1) is 6.26. The Hall–Kier alpha value is -0.160. The molecule has 78 valence electrons. The van der Waals surface area contributed by atoms with Crippen LogP contribution in [-0.2, 0) is 0 Å². The molecule has 0 radical (unpaired) electrons. The van der Waals surface area contributed by atoms with E-state index in [0.29, 0.717) is 12.5 Å². The zero-order valence-corrected chi connectivity index (χ0v) is 7.89. The van der Waals surface area contributed by atoms with E-state index in [1.54, 1.807) is 0 Å². The summed E-state index contributed by atoms with van der Waals surface area (Å²) in [5.74, 6) is 0.566. The lowest BCUT2D eigenvalue weighted by Gasteiger charge is -2.18. The van der Waals surface area contributed by atoms with Crippen LogP contribution in [0.4, 0.5) is 0 Å². The van der Waals surface area contributed by atoms with Crippen molar-refractivity contribution in [2.45, 2.75) is 18.9 Å². The molecule has 1 aliphatic rings. The van der Waals surface area contributed by atoms with Crippen molar-refractivity contribution >= 4 is 0 Å². The summed E-state index contributed by atoms with van der Waals surface area (Å²) in [7, 11) is 0. The lowest BCUT2D eigenvalue weighted by Crippen LogP contribution is -2.32. The fraction of sp³-hybridized carbons (Fsp3) is 1.00. The van der Waals surface area contributed by atoms with Crippen molar-refractivity contribution in [1.82, 2.24) is 4.90 Å². The molecule has 1 aliphatic heterocycles. The second-order valence-corrected chi connectivity index (χ2v) is 3.76. The number of hydrogen-bond acceptors (Lipinski definition) is 4. The van der Waals surface area contributed by atoms with Crippen LogP contribution in [0, 0.1) is 5.92 Å². The van der Waals surface area contributed by atoms with Crippen LogP contribution in [0.15, 0.2) is 0 Å². The molecule has 0 aromatic heterocycles. The molecular weight excluding hydrogens is 170 g/mol. The second kappa shape index (κ2) is 5.54. The molecule has 3 N–H and O–H groups in total. The van der Waals surface area contributed by atoms with Gasteiger partial charge in [-0.1, -0.05) is 0 Å². The minimum atomic E-state index is -0.618. The highest BCUT2D eigenvalue weighted by molar-refractivity contribution is 4.76. The molecular formula is C9H19NO3. The number of aliphatic hydroxyl groups is 3. The Kier molecular flexibility index (Phi) is 4.66.